The Hall–Kier alpha value is -0.260. The maximum Gasteiger partial charge on any atom is 0.321 e. The molecule has 0 aromatic rings. The van der Waals surface area contributed by atoms with Crippen molar-refractivity contribution in [3.8, 4) is 0 Å². The first-order chi connectivity index (χ1) is 6.78. The van der Waals surface area contributed by atoms with Crippen LogP contribution in [-0.2, 0) is 9.53 Å². The Bertz CT molecular complexity index is 257. The van der Waals surface area contributed by atoms with Crippen molar-refractivity contribution < 1.29 is 14.6 Å². The van der Waals surface area contributed by atoms with Gasteiger partial charge in [-0.2, -0.15) is 0 Å². The van der Waals surface area contributed by atoms with E-state index >= 15 is 0 Å². The number of rotatable bonds is 4. The summed E-state index contributed by atoms with van der Waals surface area (Å²) in [4.78, 5) is 10.6. The number of hydrogen-bond acceptors (Lipinski definition) is 4. The number of nitrogens with one attached hydrogen (secondary N) is 1. The van der Waals surface area contributed by atoms with Crippen LogP contribution in [0, 0.1) is 0 Å². The second kappa shape index (κ2) is 4.31. The lowest BCUT2D eigenvalue weighted by Crippen LogP contribution is -2.47. The highest BCUT2D eigenvalue weighted by molar-refractivity contribution is 8.00. The molecular weight excluding hydrogens is 214 g/mol. The smallest absolute Gasteiger partial charge is 0.321 e. The zero-order chi connectivity index (χ0) is 11.7. The molecule has 1 fully saturated rings. The van der Waals surface area contributed by atoms with E-state index in [2.05, 4.69) is 5.32 Å². The average molecular weight is 233 g/mol. The lowest BCUT2D eigenvalue weighted by Gasteiger charge is -2.33. The third-order valence-corrected chi connectivity index (χ3v) is 4.06. The molecule has 1 aliphatic heterocycles. The van der Waals surface area contributed by atoms with Crippen LogP contribution >= 0.6 is 11.8 Å². The lowest BCUT2D eigenvalue weighted by molar-refractivity contribution is -0.139. The highest BCUT2D eigenvalue weighted by Crippen LogP contribution is 2.37. The molecule has 0 aromatic heterocycles. The van der Waals surface area contributed by atoms with Gasteiger partial charge in [-0.25, -0.2) is 0 Å². The minimum absolute atomic E-state index is 0.206. The van der Waals surface area contributed by atoms with Crippen molar-refractivity contribution in [3.05, 3.63) is 0 Å². The van der Waals surface area contributed by atoms with Gasteiger partial charge in [0.05, 0.1) is 10.5 Å². The number of hydrogen-bond donors (Lipinski definition) is 2. The zero-order valence-electron chi connectivity index (χ0n) is 9.66. The second-order valence-electron chi connectivity index (χ2n) is 4.72. The SMILES string of the molecule is COC(C)(C)CC1(C)N[C@H](C(=O)O)CS1. The summed E-state index contributed by atoms with van der Waals surface area (Å²) in [5, 5.41) is 12.0. The predicted octanol–water partition coefficient (Wildman–Crippen LogP) is 1.31. The number of ether oxygens (including phenoxy) is 1. The van der Waals surface area contributed by atoms with Crippen LogP contribution in [0.15, 0.2) is 0 Å². The quantitative estimate of drug-likeness (QED) is 0.766. The molecule has 88 valence electrons. The number of methoxy groups -OCH3 is 1. The minimum Gasteiger partial charge on any atom is -0.480 e. The fourth-order valence-electron chi connectivity index (χ4n) is 1.84. The van der Waals surface area contributed by atoms with Gasteiger partial charge in [-0.1, -0.05) is 0 Å². The Balaban J connectivity index is 2.59. The van der Waals surface area contributed by atoms with Crippen molar-refractivity contribution in [1.29, 1.82) is 0 Å². The second-order valence-corrected chi connectivity index (χ2v) is 6.24. The van der Waals surface area contributed by atoms with E-state index in [1.165, 1.54) is 0 Å². The molecule has 0 spiro atoms. The van der Waals surface area contributed by atoms with E-state index in [4.69, 9.17) is 9.84 Å². The molecule has 2 atom stereocenters. The Morgan fingerprint density at radius 3 is 2.73 bits per heavy atom. The summed E-state index contributed by atoms with van der Waals surface area (Å²) in [6.45, 7) is 6.05. The average Bonchev–Trinajstić information content (AvgIpc) is 2.47. The molecule has 0 aliphatic carbocycles. The third-order valence-electron chi connectivity index (χ3n) is 2.66. The van der Waals surface area contributed by atoms with Gasteiger partial charge in [0.25, 0.3) is 0 Å². The summed E-state index contributed by atoms with van der Waals surface area (Å²) >= 11 is 1.65. The number of carboxylic acid groups (broad SMARTS) is 1. The first-order valence-corrected chi connectivity index (χ1v) is 5.96. The first kappa shape index (κ1) is 12.8. The lowest BCUT2D eigenvalue weighted by atomic mass is 9.99. The van der Waals surface area contributed by atoms with Crippen molar-refractivity contribution >= 4 is 17.7 Å². The van der Waals surface area contributed by atoms with Crippen molar-refractivity contribution in [3.63, 3.8) is 0 Å². The molecule has 0 bridgehead atoms. The van der Waals surface area contributed by atoms with Crippen molar-refractivity contribution in [2.75, 3.05) is 12.9 Å². The van der Waals surface area contributed by atoms with E-state index in [-0.39, 0.29) is 10.5 Å². The van der Waals surface area contributed by atoms with E-state index in [0.717, 1.165) is 6.42 Å². The van der Waals surface area contributed by atoms with Crippen molar-refractivity contribution in [1.82, 2.24) is 5.32 Å². The topological polar surface area (TPSA) is 58.6 Å². The number of thioether (sulfide) groups is 1. The summed E-state index contributed by atoms with van der Waals surface area (Å²) in [7, 11) is 1.68. The third kappa shape index (κ3) is 3.36. The van der Waals surface area contributed by atoms with Gasteiger partial charge in [0.15, 0.2) is 0 Å². The van der Waals surface area contributed by atoms with E-state index in [1.807, 2.05) is 20.8 Å². The molecule has 0 amide bonds. The van der Waals surface area contributed by atoms with Crippen LogP contribution in [-0.4, -0.2) is 40.5 Å². The molecule has 0 radical (unpaired) electrons. The molecule has 0 aromatic carbocycles. The van der Waals surface area contributed by atoms with Crippen LogP contribution in [0.1, 0.15) is 27.2 Å². The van der Waals surface area contributed by atoms with Crippen LogP contribution in [0.3, 0.4) is 0 Å². The Kier molecular flexibility index (Phi) is 3.68. The molecule has 15 heavy (non-hydrogen) atoms. The number of aliphatic carboxylic acids is 1. The van der Waals surface area contributed by atoms with Gasteiger partial charge in [-0.05, 0) is 20.8 Å². The molecule has 1 rings (SSSR count). The summed E-state index contributed by atoms with van der Waals surface area (Å²) in [5.41, 5.74) is -0.234. The van der Waals surface area contributed by atoms with Crippen molar-refractivity contribution in [2.24, 2.45) is 0 Å². The fourth-order valence-corrected chi connectivity index (χ4v) is 3.27. The van der Waals surface area contributed by atoms with Crippen LogP contribution in [0.4, 0.5) is 0 Å². The van der Waals surface area contributed by atoms with Gasteiger partial charge in [0.1, 0.15) is 6.04 Å². The summed E-state index contributed by atoms with van der Waals surface area (Å²) < 4.78 is 5.36. The van der Waals surface area contributed by atoms with E-state index in [9.17, 15) is 4.79 Å². The predicted molar refractivity (Wildman–Crippen MR) is 61.1 cm³/mol. The zero-order valence-corrected chi connectivity index (χ0v) is 10.5. The Morgan fingerprint density at radius 2 is 2.33 bits per heavy atom. The molecular formula is C10H19NO3S. The molecule has 5 heteroatoms. The molecule has 1 aliphatic rings. The molecule has 2 N–H and O–H groups in total. The monoisotopic (exact) mass is 233 g/mol. The summed E-state index contributed by atoms with van der Waals surface area (Å²) in [5.74, 6) is -0.160. The highest BCUT2D eigenvalue weighted by atomic mass is 32.2. The number of carboxylic acids is 1. The minimum atomic E-state index is -0.776. The Morgan fingerprint density at radius 1 is 1.73 bits per heavy atom. The van der Waals surface area contributed by atoms with Gasteiger partial charge < -0.3 is 9.84 Å². The van der Waals surface area contributed by atoms with Crippen LogP contribution in [0.25, 0.3) is 0 Å². The maximum absolute atomic E-state index is 10.8. The molecule has 1 unspecified atom stereocenters. The van der Waals surface area contributed by atoms with Gasteiger partial charge in [0.2, 0.25) is 0 Å². The van der Waals surface area contributed by atoms with Crippen LogP contribution in [0.5, 0.6) is 0 Å². The van der Waals surface area contributed by atoms with E-state index < -0.39 is 12.0 Å². The molecule has 1 heterocycles. The van der Waals surface area contributed by atoms with E-state index in [1.54, 1.807) is 18.9 Å². The standard InChI is InChI=1S/C10H19NO3S/c1-9(2,14-4)6-10(3)11-7(5-15-10)8(12)13/h7,11H,5-6H2,1-4H3,(H,12,13)/t7-,10?/m0/s1. The summed E-state index contributed by atoms with van der Waals surface area (Å²) in [6.07, 6.45) is 0.783. The van der Waals surface area contributed by atoms with E-state index in [0.29, 0.717) is 5.75 Å². The fraction of sp³-hybridized carbons (Fsp3) is 0.900. The normalized spacial score (nSPS) is 31.9. The summed E-state index contributed by atoms with van der Waals surface area (Å²) in [6, 6.07) is -0.437. The first-order valence-electron chi connectivity index (χ1n) is 4.98. The molecule has 1 saturated heterocycles. The highest BCUT2D eigenvalue weighted by Gasteiger charge is 2.41. The Labute approximate surface area is 94.8 Å². The van der Waals surface area contributed by atoms with Crippen LogP contribution in [0.2, 0.25) is 0 Å². The van der Waals surface area contributed by atoms with Gasteiger partial charge in [-0.15, -0.1) is 11.8 Å². The van der Waals surface area contributed by atoms with Gasteiger partial charge in [0, 0.05) is 19.3 Å². The molecule has 0 saturated carbocycles. The van der Waals surface area contributed by atoms with Gasteiger partial charge >= 0.3 is 5.97 Å². The largest absolute Gasteiger partial charge is 0.480 e. The molecule has 4 nitrogen and oxygen atoms in total. The maximum atomic E-state index is 10.8. The van der Waals surface area contributed by atoms with Gasteiger partial charge in [-0.3, -0.25) is 10.1 Å². The number of carbonyl (C=O) groups is 1. The van der Waals surface area contributed by atoms with Crippen molar-refractivity contribution in [2.45, 2.75) is 43.7 Å². The van der Waals surface area contributed by atoms with Crippen LogP contribution < -0.4 is 5.32 Å².